The van der Waals surface area contributed by atoms with Crippen molar-refractivity contribution in [2.75, 3.05) is 19.7 Å². The predicted octanol–water partition coefficient (Wildman–Crippen LogP) is 3.48. The van der Waals surface area contributed by atoms with Crippen molar-refractivity contribution in [1.82, 2.24) is 10.2 Å². The minimum Gasteiger partial charge on any atom is -0.481 e. The summed E-state index contributed by atoms with van der Waals surface area (Å²) in [4.78, 5) is 38.1. The number of nitrogens with one attached hydrogen (secondary N) is 1. The molecule has 33 heavy (non-hydrogen) atoms. The van der Waals surface area contributed by atoms with E-state index in [2.05, 4.69) is 29.6 Å². The number of alkyl carbamates (subject to hydrolysis) is 1. The smallest absolute Gasteiger partial charge is 0.407 e. The maximum Gasteiger partial charge on any atom is 0.407 e. The summed E-state index contributed by atoms with van der Waals surface area (Å²) in [5, 5.41) is 12.0. The van der Waals surface area contributed by atoms with Crippen molar-refractivity contribution in [2.45, 2.75) is 31.7 Å². The fourth-order valence-electron chi connectivity index (χ4n) is 5.61. The number of amides is 2. The first-order chi connectivity index (χ1) is 15.9. The van der Waals surface area contributed by atoms with E-state index in [0.717, 1.165) is 17.5 Å². The lowest BCUT2D eigenvalue weighted by Gasteiger charge is -2.27. The van der Waals surface area contributed by atoms with Crippen LogP contribution in [-0.4, -0.2) is 53.7 Å². The Morgan fingerprint density at radius 1 is 1.06 bits per heavy atom. The van der Waals surface area contributed by atoms with E-state index in [1.165, 1.54) is 11.1 Å². The van der Waals surface area contributed by atoms with Crippen LogP contribution in [0.2, 0.25) is 0 Å². The molecule has 1 heterocycles. The molecule has 5 rings (SSSR count). The third-order valence-corrected chi connectivity index (χ3v) is 7.32. The predicted molar refractivity (Wildman–Crippen MR) is 122 cm³/mol. The molecule has 2 aromatic rings. The third-order valence-electron chi connectivity index (χ3n) is 7.32. The number of aliphatic carboxylic acids is 1. The second kappa shape index (κ2) is 8.54. The number of hydrogen-bond donors (Lipinski definition) is 2. The molecule has 2 fully saturated rings. The van der Waals surface area contributed by atoms with Crippen LogP contribution in [0.4, 0.5) is 4.79 Å². The quantitative estimate of drug-likeness (QED) is 0.705. The first-order valence-corrected chi connectivity index (χ1v) is 11.6. The van der Waals surface area contributed by atoms with Crippen molar-refractivity contribution in [1.29, 1.82) is 0 Å². The zero-order valence-corrected chi connectivity index (χ0v) is 18.6. The molecule has 1 aliphatic heterocycles. The molecule has 7 heteroatoms. The first kappa shape index (κ1) is 21.5. The minimum atomic E-state index is -0.760. The van der Waals surface area contributed by atoms with E-state index in [4.69, 9.17) is 4.74 Å². The fraction of sp³-hybridized carbons (Fsp3) is 0.423. The Labute approximate surface area is 192 Å². The maximum atomic E-state index is 12.7. The summed E-state index contributed by atoms with van der Waals surface area (Å²) in [7, 11) is 0. The van der Waals surface area contributed by atoms with Gasteiger partial charge in [-0.15, -0.1) is 0 Å². The van der Waals surface area contributed by atoms with Gasteiger partial charge in [-0.3, -0.25) is 9.59 Å². The summed E-state index contributed by atoms with van der Waals surface area (Å²) in [6.07, 6.45) is 0.366. The van der Waals surface area contributed by atoms with Gasteiger partial charge in [0.1, 0.15) is 6.61 Å². The van der Waals surface area contributed by atoms with Crippen molar-refractivity contribution in [3.63, 3.8) is 0 Å². The van der Waals surface area contributed by atoms with Gasteiger partial charge in [-0.2, -0.15) is 0 Å². The van der Waals surface area contributed by atoms with Crippen LogP contribution in [0.1, 0.15) is 36.8 Å². The van der Waals surface area contributed by atoms with Crippen LogP contribution in [0.25, 0.3) is 11.1 Å². The number of ether oxygens (including phenoxy) is 1. The monoisotopic (exact) mass is 448 g/mol. The van der Waals surface area contributed by atoms with Crippen LogP contribution >= 0.6 is 0 Å². The summed E-state index contributed by atoms with van der Waals surface area (Å²) in [5.74, 6) is -0.852. The van der Waals surface area contributed by atoms with Crippen molar-refractivity contribution in [3.05, 3.63) is 59.7 Å². The number of piperidine rings is 1. The van der Waals surface area contributed by atoms with Gasteiger partial charge in [0.25, 0.3) is 0 Å². The summed E-state index contributed by atoms with van der Waals surface area (Å²) in [6.45, 7) is 3.09. The Kier molecular flexibility index (Phi) is 5.56. The van der Waals surface area contributed by atoms with E-state index < -0.39 is 12.1 Å². The molecule has 172 valence electrons. The number of nitrogens with zero attached hydrogens (tertiary/aromatic N) is 1. The van der Waals surface area contributed by atoms with Gasteiger partial charge in [-0.25, -0.2) is 4.79 Å². The highest BCUT2D eigenvalue weighted by Gasteiger charge is 2.57. The van der Waals surface area contributed by atoms with E-state index in [-0.39, 0.29) is 48.6 Å². The summed E-state index contributed by atoms with van der Waals surface area (Å²) in [6, 6.07) is 16.0. The second-order valence-electron chi connectivity index (χ2n) is 9.40. The number of fused-ring (bicyclic) bond motifs is 4. The van der Waals surface area contributed by atoms with Gasteiger partial charge in [0.15, 0.2) is 0 Å². The topological polar surface area (TPSA) is 95.9 Å². The highest BCUT2D eigenvalue weighted by atomic mass is 16.5. The number of rotatable bonds is 6. The van der Waals surface area contributed by atoms with Crippen LogP contribution in [0.3, 0.4) is 0 Å². The molecule has 2 amide bonds. The summed E-state index contributed by atoms with van der Waals surface area (Å²) < 4.78 is 5.56. The number of hydrogen-bond acceptors (Lipinski definition) is 4. The molecule has 1 saturated carbocycles. The van der Waals surface area contributed by atoms with Gasteiger partial charge < -0.3 is 20.1 Å². The molecule has 3 unspecified atom stereocenters. The van der Waals surface area contributed by atoms with Crippen LogP contribution in [-0.2, 0) is 14.3 Å². The lowest BCUT2D eigenvalue weighted by atomic mass is 9.98. The highest BCUT2D eigenvalue weighted by Crippen LogP contribution is 2.51. The number of carboxylic acid groups (broad SMARTS) is 1. The van der Waals surface area contributed by atoms with Crippen molar-refractivity contribution in [2.24, 2.45) is 17.8 Å². The van der Waals surface area contributed by atoms with Crippen LogP contribution in [0.5, 0.6) is 0 Å². The molecule has 0 radical (unpaired) electrons. The Morgan fingerprint density at radius 3 is 2.33 bits per heavy atom. The molecular weight excluding hydrogens is 420 g/mol. The first-order valence-electron chi connectivity index (χ1n) is 11.6. The SMILES string of the molecule is C[C@@H](CC(=O)N1CCC2C(C1)C2C(=O)O)NC(=O)OCC1c2ccccc2-c2ccccc21. The van der Waals surface area contributed by atoms with Crippen LogP contribution in [0, 0.1) is 17.8 Å². The van der Waals surface area contributed by atoms with Gasteiger partial charge in [0.05, 0.1) is 5.92 Å². The Balaban J connectivity index is 1.12. The third kappa shape index (κ3) is 4.08. The molecule has 2 N–H and O–H groups in total. The zero-order valence-electron chi connectivity index (χ0n) is 18.6. The van der Waals surface area contributed by atoms with Crippen molar-refractivity contribution < 1.29 is 24.2 Å². The number of carboxylic acids is 1. The molecule has 0 bridgehead atoms. The molecular formula is C26H28N2O5. The van der Waals surface area contributed by atoms with Gasteiger partial charge >= 0.3 is 12.1 Å². The fourth-order valence-corrected chi connectivity index (χ4v) is 5.61. The van der Waals surface area contributed by atoms with Gasteiger partial charge in [0.2, 0.25) is 5.91 Å². The normalized spacial score (nSPS) is 23.7. The minimum absolute atomic E-state index is 0.0119. The zero-order chi connectivity index (χ0) is 23.1. The Bertz CT molecular complexity index is 1050. The van der Waals surface area contributed by atoms with Crippen molar-refractivity contribution in [3.8, 4) is 11.1 Å². The lowest BCUT2D eigenvalue weighted by Crippen LogP contribution is -2.42. The largest absolute Gasteiger partial charge is 0.481 e. The summed E-state index contributed by atoms with van der Waals surface area (Å²) in [5.41, 5.74) is 4.65. The van der Waals surface area contributed by atoms with Gasteiger partial charge in [-0.1, -0.05) is 48.5 Å². The van der Waals surface area contributed by atoms with E-state index in [0.29, 0.717) is 13.1 Å². The van der Waals surface area contributed by atoms with Crippen LogP contribution < -0.4 is 5.32 Å². The Hall–Kier alpha value is -3.35. The number of likely N-dealkylation sites (tertiary alicyclic amines) is 1. The van der Waals surface area contributed by atoms with Gasteiger partial charge in [-0.05, 0) is 47.4 Å². The molecule has 4 atom stereocenters. The van der Waals surface area contributed by atoms with E-state index in [1.807, 2.05) is 24.3 Å². The lowest BCUT2D eigenvalue weighted by molar-refractivity contribution is -0.139. The molecule has 1 saturated heterocycles. The van der Waals surface area contributed by atoms with E-state index >= 15 is 0 Å². The highest BCUT2D eigenvalue weighted by molar-refractivity contribution is 5.80. The average molecular weight is 449 g/mol. The molecule has 2 aliphatic carbocycles. The van der Waals surface area contributed by atoms with Crippen LogP contribution in [0.15, 0.2) is 48.5 Å². The molecule has 3 aliphatic rings. The summed E-state index contributed by atoms with van der Waals surface area (Å²) >= 11 is 0. The molecule has 7 nitrogen and oxygen atoms in total. The average Bonchev–Trinajstić information content (AvgIpc) is 3.45. The molecule has 0 aromatic heterocycles. The maximum absolute atomic E-state index is 12.7. The van der Waals surface area contributed by atoms with Gasteiger partial charge in [0, 0.05) is 31.5 Å². The number of carbonyl (C=O) groups excluding carboxylic acids is 2. The molecule has 2 aromatic carbocycles. The second-order valence-corrected chi connectivity index (χ2v) is 9.40. The standard InChI is InChI=1S/C26H28N2O5/c1-15(12-23(29)28-11-10-20-21(13-28)24(20)25(30)31)27-26(32)33-14-22-18-8-4-2-6-16(18)17-7-3-5-9-19(17)22/h2-9,15,20-22,24H,10-14H2,1H3,(H,27,32)(H,30,31)/t15-,20?,21?,24?/m0/s1. The van der Waals surface area contributed by atoms with E-state index in [9.17, 15) is 19.5 Å². The molecule has 0 spiro atoms. The van der Waals surface area contributed by atoms with E-state index in [1.54, 1.807) is 11.8 Å². The van der Waals surface area contributed by atoms with Crippen molar-refractivity contribution >= 4 is 18.0 Å². The number of benzene rings is 2. The number of carbonyl (C=O) groups is 3. The Morgan fingerprint density at radius 2 is 1.70 bits per heavy atom.